The lowest BCUT2D eigenvalue weighted by Gasteiger charge is -2.35. The van der Waals surface area contributed by atoms with Crippen molar-refractivity contribution in [1.29, 1.82) is 0 Å². The van der Waals surface area contributed by atoms with Gasteiger partial charge < -0.3 is 19.5 Å². The molecule has 1 aromatic heterocycles. The molecule has 1 unspecified atom stereocenters. The van der Waals surface area contributed by atoms with Crippen LogP contribution in [0.5, 0.6) is 0 Å². The minimum atomic E-state index is -0.516. The second-order valence-corrected chi connectivity index (χ2v) is 11.9. The number of esters is 1. The normalized spacial score (nSPS) is 17.7. The van der Waals surface area contributed by atoms with Crippen molar-refractivity contribution in [2.75, 3.05) is 19.7 Å². The third kappa shape index (κ3) is 5.92. The number of amides is 2. The molecule has 2 aliphatic heterocycles. The van der Waals surface area contributed by atoms with Gasteiger partial charge in [-0.15, -0.1) is 0 Å². The van der Waals surface area contributed by atoms with E-state index >= 15 is 0 Å². The van der Waals surface area contributed by atoms with Crippen LogP contribution < -0.4 is 5.69 Å². The molecule has 4 aromatic rings. The molecule has 3 aromatic carbocycles. The number of fused-ring (bicyclic) bond motifs is 1. The van der Waals surface area contributed by atoms with Crippen LogP contribution in [0.15, 0.2) is 88.9 Å². The number of aromatic nitrogens is 2. The number of likely N-dealkylation sites (tertiary alicyclic amines) is 1. The number of para-hydroxylation sites is 2. The van der Waals surface area contributed by atoms with Gasteiger partial charge in [0.25, 0.3) is 5.91 Å². The lowest BCUT2D eigenvalue weighted by atomic mass is 9.83. The Kier molecular flexibility index (Phi) is 8.63. The number of benzene rings is 3. The van der Waals surface area contributed by atoms with Gasteiger partial charge in [-0.1, -0.05) is 54.1 Å². The molecule has 232 valence electrons. The Hall–Kier alpha value is -4.63. The molecular formula is C35H35ClN4O5. The number of hydrogen-bond donors (Lipinski definition) is 1. The fourth-order valence-corrected chi connectivity index (χ4v) is 6.90. The van der Waals surface area contributed by atoms with E-state index in [9.17, 15) is 19.2 Å². The minimum absolute atomic E-state index is 0.00657. The first-order chi connectivity index (χ1) is 21.8. The van der Waals surface area contributed by atoms with E-state index in [0.717, 1.165) is 16.6 Å². The maximum Gasteiger partial charge on any atom is 0.336 e. The summed E-state index contributed by atoms with van der Waals surface area (Å²) in [5.41, 5.74) is 4.49. The fourth-order valence-electron chi connectivity index (χ4n) is 6.63. The van der Waals surface area contributed by atoms with Crippen LogP contribution >= 0.6 is 11.6 Å². The number of allylic oxidation sites excluding steroid dienone is 1. The van der Waals surface area contributed by atoms with Crippen LogP contribution in [0.2, 0.25) is 5.02 Å². The quantitative estimate of drug-likeness (QED) is 0.261. The number of carbonyl (C=O) groups is 3. The molecule has 0 bridgehead atoms. The molecule has 45 heavy (non-hydrogen) atoms. The molecule has 3 heterocycles. The molecule has 2 amide bonds. The lowest BCUT2D eigenvalue weighted by Crippen LogP contribution is -2.40. The van der Waals surface area contributed by atoms with Gasteiger partial charge in [-0.3, -0.25) is 14.2 Å². The van der Waals surface area contributed by atoms with Crippen LogP contribution in [0, 0.1) is 0 Å². The Morgan fingerprint density at radius 3 is 2.47 bits per heavy atom. The minimum Gasteiger partial charge on any atom is -0.463 e. The van der Waals surface area contributed by atoms with Gasteiger partial charge in [-0.2, -0.15) is 0 Å². The summed E-state index contributed by atoms with van der Waals surface area (Å²) in [6, 6.07) is 22.2. The highest BCUT2D eigenvalue weighted by atomic mass is 35.5. The molecule has 0 spiro atoms. The molecule has 1 fully saturated rings. The van der Waals surface area contributed by atoms with Gasteiger partial charge in [0.2, 0.25) is 5.91 Å². The summed E-state index contributed by atoms with van der Waals surface area (Å²) in [5.74, 6) is -1.22. The van der Waals surface area contributed by atoms with Crippen molar-refractivity contribution in [2.24, 2.45) is 0 Å². The van der Waals surface area contributed by atoms with Crippen molar-refractivity contribution >= 4 is 40.4 Å². The molecular weight excluding hydrogens is 592 g/mol. The second-order valence-electron chi connectivity index (χ2n) is 11.5. The average molecular weight is 627 g/mol. The van der Waals surface area contributed by atoms with E-state index < -0.39 is 11.9 Å². The SMILES string of the molecule is CCOC(=O)C1=C(C)N(Cc2cccc(C(=O)N3CCC(n4c(=O)[nH]c5ccccc54)CC3)c2)C(=O)CC1c1ccccc1Cl. The van der Waals surface area contributed by atoms with Crippen molar-refractivity contribution < 1.29 is 19.1 Å². The van der Waals surface area contributed by atoms with Crippen molar-refractivity contribution in [1.82, 2.24) is 19.4 Å². The zero-order valence-corrected chi connectivity index (χ0v) is 26.0. The Morgan fingerprint density at radius 2 is 1.71 bits per heavy atom. The van der Waals surface area contributed by atoms with E-state index in [-0.39, 0.29) is 43.1 Å². The van der Waals surface area contributed by atoms with Gasteiger partial charge in [0, 0.05) is 47.8 Å². The molecule has 6 rings (SSSR count). The molecule has 2 aliphatic rings. The summed E-state index contributed by atoms with van der Waals surface area (Å²) in [6.07, 6.45) is 1.41. The Balaban J connectivity index is 1.19. The molecule has 0 radical (unpaired) electrons. The standard InChI is InChI=1S/C35H35ClN4O5/c1-3-45-34(43)32-22(2)39(31(41)20-27(32)26-11-4-5-12-28(26)36)21-23-9-8-10-24(19-23)33(42)38-17-15-25(16-18-38)40-30-14-7-6-13-29(30)37-35(40)44/h4-14,19,25,27H,3,15-18,20-21H2,1-2H3,(H,37,44). The molecule has 0 saturated carbocycles. The van der Waals surface area contributed by atoms with E-state index in [1.807, 2.05) is 70.1 Å². The number of carbonyl (C=O) groups excluding carboxylic acids is 3. The van der Waals surface area contributed by atoms with Gasteiger partial charge in [0.05, 0.1) is 29.8 Å². The summed E-state index contributed by atoms with van der Waals surface area (Å²) < 4.78 is 7.21. The van der Waals surface area contributed by atoms with Crippen LogP contribution in [-0.2, 0) is 20.9 Å². The Morgan fingerprint density at radius 1 is 0.978 bits per heavy atom. The number of piperidine rings is 1. The summed E-state index contributed by atoms with van der Waals surface area (Å²) in [4.78, 5) is 59.3. The van der Waals surface area contributed by atoms with Crippen molar-refractivity contribution in [3.8, 4) is 0 Å². The molecule has 9 nitrogen and oxygen atoms in total. The molecule has 1 atom stereocenters. The van der Waals surface area contributed by atoms with E-state index in [2.05, 4.69) is 4.98 Å². The number of H-pyrrole nitrogens is 1. The highest BCUT2D eigenvalue weighted by Crippen LogP contribution is 2.40. The molecule has 10 heteroatoms. The topological polar surface area (TPSA) is 105 Å². The maximum absolute atomic E-state index is 13.6. The van der Waals surface area contributed by atoms with Gasteiger partial charge in [0.15, 0.2) is 0 Å². The molecule has 1 saturated heterocycles. The Bertz CT molecular complexity index is 1870. The number of rotatable bonds is 7. The first-order valence-corrected chi connectivity index (χ1v) is 15.6. The smallest absolute Gasteiger partial charge is 0.336 e. The number of nitrogens with zero attached hydrogens (tertiary/aromatic N) is 3. The summed E-state index contributed by atoms with van der Waals surface area (Å²) in [5, 5.41) is 0.488. The van der Waals surface area contributed by atoms with E-state index in [1.54, 1.807) is 30.9 Å². The monoisotopic (exact) mass is 626 g/mol. The zero-order valence-electron chi connectivity index (χ0n) is 25.3. The van der Waals surface area contributed by atoms with Crippen LogP contribution in [-0.4, -0.2) is 56.8 Å². The summed E-state index contributed by atoms with van der Waals surface area (Å²) in [7, 11) is 0. The first kappa shape index (κ1) is 30.4. The van der Waals surface area contributed by atoms with Gasteiger partial charge in [-0.05, 0) is 68.1 Å². The number of aromatic amines is 1. The highest BCUT2D eigenvalue weighted by Gasteiger charge is 2.38. The van der Waals surface area contributed by atoms with Gasteiger partial charge in [-0.25, -0.2) is 9.59 Å². The zero-order chi connectivity index (χ0) is 31.7. The number of imidazole rings is 1. The van der Waals surface area contributed by atoms with Crippen LogP contribution in [0.1, 0.15) is 66.6 Å². The maximum atomic E-state index is 13.6. The largest absolute Gasteiger partial charge is 0.463 e. The van der Waals surface area contributed by atoms with Crippen LogP contribution in [0.4, 0.5) is 0 Å². The van der Waals surface area contributed by atoms with Crippen LogP contribution in [0.25, 0.3) is 11.0 Å². The Labute approximate surface area is 266 Å². The average Bonchev–Trinajstić information content (AvgIpc) is 3.38. The molecule has 1 N–H and O–H groups in total. The number of halogens is 1. The van der Waals surface area contributed by atoms with Gasteiger partial charge in [0.1, 0.15) is 0 Å². The predicted octanol–water partition coefficient (Wildman–Crippen LogP) is 5.81. The van der Waals surface area contributed by atoms with E-state index in [1.165, 1.54) is 0 Å². The number of hydrogen-bond acceptors (Lipinski definition) is 5. The predicted molar refractivity (Wildman–Crippen MR) is 172 cm³/mol. The van der Waals surface area contributed by atoms with E-state index in [4.69, 9.17) is 16.3 Å². The summed E-state index contributed by atoms with van der Waals surface area (Å²) >= 11 is 6.49. The van der Waals surface area contributed by atoms with Crippen LogP contribution in [0.3, 0.4) is 0 Å². The van der Waals surface area contributed by atoms with E-state index in [0.29, 0.717) is 53.4 Å². The third-order valence-corrected chi connectivity index (χ3v) is 9.20. The van der Waals surface area contributed by atoms with Gasteiger partial charge >= 0.3 is 11.7 Å². The highest BCUT2D eigenvalue weighted by molar-refractivity contribution is 6.31. The van der Waals surface area contributed by atoms with Crippen molar-refractivity contribution in [2.45, 2.75) is 51.6 Å². The van der Waals surface area contributed by atoms with Crippen molar-refractivity contribution in [3.05, 3.63) is 116 Å². The van der Waals surface area contributed by atoms with Crippen molar-refractivity contribution in [3.63, 3.8) is 0 Å². The lowest BCUT2D eigenvalue weighted by molar-refractivity contribution is -0.140. The number of nitrogens with one attached hydrogen (secondary N) is 1. The molecule has 0 aliphatic carbocycles. The second kappa shape index (κ2) is 12.8. The number of ether oxygens (including phenoxy) is 1. The third-order valence-electron chi connectivity index (χ3n) is 8.85. The fraction of sp³-hybridized carbons (Fsp3) is 0.314. The summed E-state index contributed by atoms with van der Waals surface area (Å²) in [6.45, 7) is 4.97. The first-order valence-electron chi connectivity index (χ1n) is 15.3.